The van der Waals surface area contributed by atoms with E-state index < -0.39 is 6.10 Å². The Morgan fingerprint density at radius 2 is 1.87 bits per heavy atom. The Morgan fingerprint density at radius 1 is 1.07 bits per heavy atom. The molecule has 1 saturated heterocycles. The number of aliphatic hydroxyl groups excluding tert-OH is 1. The van der Waals surface area contributed by atoms with Crippen molar-refractivity contribution in [1.29, 1.82) is 0 Å². The Balaban J connectivity index is 1.54. The molecule has 5 heteroatoms. The van der Waals surface area contributed by atoms with E-state index in [0.29, 0.717) is 12.1 Å². The number of hydrogen-bond donors (Lipinski definition) is 2. The van der Waals surface area contributed by atoms with Crippen LogP contribution in [0.5, 0.6) is 0 Å². The third kappa shape index (κ3) is 3.12. The second-order valence-electron chi connectivity index (χ2n) is 8.05. The van der Waals surface area contributed by atoms with Gasteiger partial charge >= 0.3 is 0 Å². The molecule has 5 rings (SSSR count). The summed E-state index contributed by atoms with van der Waals surface area (Å²) in [5.41, 5.74) is 11.0. The van der Waals surface area contributed by atoms with E-state index in [-0.39, 0.29) is 18.5 Å². The summed E-state index contributed by atoms with van der Waals surface area (Å²) < 4.78 is 0. The van der Waals surface area contributed by atoms with Gasteiger partial charge in [-0.2, -0.15) is 0 Å². The van der Waals surface area contributed by atoms with Gasteiger partial charge in [0, 0.05) is 36.3 Å². The number of hydrogen-bond acceptors (Lipinski definition) is 4. The topological polar surface area (TPSA) is 79.5 Å². The van der Waals surface area contributed by atoms with Gasteiger partial charge in [0.1, 0.15) is 0 Å². The van der Waals surface area contributed by atoms with Crippen LogP contribution in [0, 0.1) is 6.92 Å². The van der Waals surface area contributed by atoms with Crippen LogP contribution in [0.25, 0.3) is 32.8 Å². The lowest BCUT2D eigenvalue weighted by Gasteiger charge is -2.16. The van der Waals surface area contributed by atoms with Crippen molar-refractivity contribution in [2.24, 2.45) is 5.73 Å². The van der Waals surface area contributed by atoms with E-state index >= 15 is 0 Å². The number of amides is 1. The van der Waals surface area contributed by atoms with Crippen LogP contribution in [0.2, 0.25) is 0 Å². The zero-order chi connectivity index (χ0) is 20.8. The first kappa shape index (κ1) is 18.7. The van der Waals surface area contributed by atoms with Crippen molar-refractivity contribution in [3.63, 3.8) is 0 Å². The van der Waals surface area contributed by atoms with Crippen LogP contribution in [0.15, 0.2) is 66.9 Å². The van der Waals surface area contributed by atoms with Gasteiger partial charge in [-0.05, 0) is 64.7 Å². The molecule has 0 saturated carbocycles. The molecule has 4 aromatic rings. The summed E-state index contributed by atoms with van der Waals surface area (Å²) in [4.78, 5) is 18.9. The number of benzene rings is 3. The molecule has 0 spiro atoms. The van der Waals surface area contributed by atoms with Crippen molar-refractivity contribution in [1.82, 2.24) is 9.88 Å². The SMILES string of the molecule is Cc1ccc2ncccc2c1-c1ccc2cc(C(=O)N3C[C@@H](N)[C@H](O)C3)ccc2c1. The molecule has 0 unspecified atom stereocenters. The van der Waals surface area contributed by atoms with Crippen molar-refractivity contribution < 1.29 is 9.90 Å². The molecule has 3 N–H and O–H groups in total. The number of likely N-dealkylation sites (tertiary alicyclic amines) is 1. The lowest BCUT2D eigenvalue weighted by Crippen LogP contribution is -2.33. The summed E-state index contributed by atoms with van der Waals surface area (Å²) in [5, 5.41) is 13.1. The highest BCUT2D eigenvalue weighted by Gasteiger charge is 2.31. The number of aromatic nitrogens is 1. The van der Waals surface area contributed by atoms with Gasteiger partial charge in [0.25, 0.3) is 5.91 Å². The molecule has 1 aliphatic heterocycles. The fourth-order valence-electron chi connectivity index (χ4n) is 4.34. The van der Waals surface area contributed by atoms with Gasteiger partial charge in [-0.15, -0.1) is 0 Å². The number of fused-ring (bicyclic) bond motifs is 2. The molecule has 0 bridgehead atoms. The molecule has 1 amide bonds. The van der Waals surface area contributed by atoms with Crippen LogP contribution in [-0.4, -0.2) is 46.1 Å². The summed E-state index contributed by atoms with van der Waals surface area (Å²) in [6.07, 6.45) is 1.16. The summed E-state index contributed by atoms with van der Waals surface area (Å²) in [6.45, 7) is 2.78. The van der Waals surface area contributed by atoms with E-state index in [0.717, 1.165) is 27.2 Å². The predicted octanol–water partition coefficient (Wildman–Crippen LogP) is 3.51. The molecule has 150 valence electrons. The second kappa shape index (κ2) is 7.20. The molecular formula is C25H23N3O2. The minimum Gasteiger partial charge on any atom is -0.390 e. The van der Waals surface area contributed by atoms with Crippen LogP contribution in [-0.2, 0) is 0 Å². The first-order valence-electron chi connectivity index (χ1n) is 10.1. The summed E-state index contributed by atoms with van der Waals surface area (Å²) >= 11 is 0. The molecule has 2 atom stereocenters. The number of β-amino-alcohol motifs (C(OH)–C–C–N with tert-alkyl or cyclic N) is 1. The number of nitrogens with two attached hydrogens (primary N) is 1. The lowest BCUT2D eigenvalue weighted by atomic mass is 9.93. The van der Waals surface area contributed by atoms with Gasteiger partial charge in [0.2, 0.25) is 0 Å². The third-order valence-corrected chi connectivity index (χ3v) is 5.99. The Morgan fingerprint density at radius 3 is 2.67 bits per heavy atom. The molecule has 0 aliphatic carbocycles. The largest absolute Gasteiger partial charge is 0.390 e. The average molecular weight is 397 g/mol. The molecule has 0 radical (unpaired) electrons. The molecule has 1 aromatic heterocycles. The molecule has 2 heterocycles. The highest BCUT2D eigenvalue weighted by atomic mass is 16.3. The quantitative estimate of drug-likeness (QED) is 0.543. The number of nitrogens with zero attached hydrogens (tertiary/aromatic N) is 2. The minimum atomic E-state index is -0.657. The van der Waals surface area contributed by atoms with Crippen molar-refractivity contribution in [3.05, 3.63) is 78.0 Å². The van der Waals surface area contributed by atoms with Gasteiger partial charge in [0.15, 0.2) is 0 Å². The van der Waals surface area contributed by atoms with E-state index in [4.69, 9.17) is 5.73 Å². The molecule has 30 heavy (non-hydrogen) atoms. The lowest BCUT2D eigenvalue weighted by molar-refractivity contribution is 0.0765. The molecule has 5 nitrogen and oxygen atoms in total. The van der Waals surface area contributed by atoms with Gasteiger partial charge in [-0.1, -0.05) is 30.3 Å². The van der Waals surface area contributed by atoms with Gasteiger partial charge in [0.05, 0.1) is 11.6 Å². The van der Waals surface area contributed by atoms with Crippen molar-refractivity contribution in [2.45, 2.75) is 19.1 Å². The van der Waals surface area contributed by atoms with Crippen molar-refractivity contribution in [2.75, 3.05) is 13.1 Å². The Kier molecular flexibility index (Phi) is 4.50. The average Bonchev–Trinajstić information content (AvgIpc) is 3.10. The maximum absolute atomic E-state index is 12.8. The fourth-order valence-corrected chi connectivity index (χ4v) is 4.34. The van der Waals surface area contributed by atoms with Crippen LogP contribution in [0.3, 0.4) is 0 Å². The Labute approximate surface area is 174 Å². The highest BCUT2D eigenvalue weighted by molar-refractivity contribution is 6.02. The third-order valence-electron chi connectivity index (χ3n) is 5.99. The predicted molar refractivity (Wildman–Crippen MR) is 119 cm³/mol. The van der Waals surface area contributed by atoms with Crippen LogP contribution < -0.4 is 5.73 Å². The first-order chi connectivity index (χ1) is 14.5. The maximum atomic E-state index is 12.8. The Hall–Kier alpha value is -3.28. The fraction of sp³-hybridized carbons (Fsp3) is 0.200. The second-order valence-corrected chi connectivity index (χ2v) is 8.05. The number of pyridine rings is 1. The van der Waals surface area contributed by atoms with Crippen molar-refractivity contribution in [3.8, 4) is 11.1 Å². The number of aliphatic hydroxyl groups is 1. The zero-order valence-corrected chi connectivity index (χ0v) is 16.7. The molecule has 1 fully saturated rings. The molecule has 3 aromatic carbocycles. The van der Waals surface area contributed by atoms with E-state index in [1.807, 2.05) is 36.5 Å². The standard InChI is InChI=1S/C25H23N3O2/c1-15-4-9-22-20(3-2-10-27-22)24(15)18-7-5-17-12-19(8-6-16(17)11-18)25(30)28-13-21(26)23(29)14-28/h2-12,21,23,29H,13-14,26H2,1H3/t21-,23-/m1/s1. The smallest absolute Gasteiger partial charge is 0.254 e. The van der Waals surface area contributed by atoms with Gasteiger partial charge in [-0.3, -0.25) is 9.78 Å². The summed E-state index contributed by atoms with van der Waals surface area (Å²) in [7, 11) is 0. The summed E-state index contributed by atoms with van der Waals surface area (Å²) in [5.74, 6) is -0.0936. The van der Waals surface area contributed by atoms with Crippen LogP contribution in [0.1, 0.15) is 15.9 Å². The van der Waals surface area contributed by atoms with Gasteiger partial charge in [-0.25, -0.2) is 0 Å². The number of rotatable bonds is 2. The normalized spacial score (nSPS) is 19.0. The summed E-state index contributed by atoms with van der Waals surface area (Å²) in [6, 6.07) is 19.9. The monoisotopic (exact) mass is 397 g/mol. The number of carbonyl (C=O) groups excluding carboxylic acids is 1. The van der Waals surface area contributed by atoms with E-state index in [9.17, 15) is 9.90 Å². The number of carbonyl (C=O) groups is 1. The minimum absolute atomic E-state index is 0.0936. The molecular weight excluding hydrogens is 374 g/mol. The number of aryl methyl sites for hydroxylation is 1. The highest BCUT2D eigenvalue weighted by Crippen LogP contribution is 2.33. The van der Waals surface area contributed by atoms with Crippen LogP contribution >= 0.6 is 0 Å². The van der Waals surface area contributed by atoms with E-state index in [1.165, 1.54) is 11.1 Å². The van der Waals surface area contributed by atoms with Crippen molar-refractivity contribution >= 4 is 27.6 Å². The molecule has 1 aliphatic rings. The van der Waals surface area contributed by atoms with E-state index in [2.05, 4.69) is 42.2 Å². The van der Waals surface area contributed by atoms with E-state index in [1.54, 1.807) is 4.90 Å². The first-order valence-corrected chi connectivity index (χ1v) is 10.1. The van der Waals surface area contributed by atoms with Gasteiger partial charge < -0.3 is 15.7 Å². The zero-order valence-electron chi connectivity index (χ0n) is 16.7. The van der Waals surface area contributed by atoms with Crippen LogP contribution in [0.4, 0.5) is 0 Å². The Bertz CT molecular complexity index is 1270. The maximum Gasteiger partial charge on any atom is 0.254 e.